The first-order valence-electron chi connectivity index (χ1n) is 8.10. The SMILES string of the molecule is Cc1noc(C)c1CSCC(=O)NC(C)c1ccc(OCC(=O)O)cc1. The third kappa shape index (κ3) is 5.80. The Kier molecular flexibility index (Phi) is 7.08. The summed E-state index contributed by atoms with van der Waals surface area (Å²) >= 11 is 1.51. The van der Waals surface area contributed by atoms with E-state index in [9.17, 15) is 9.59 Å². The van der Waals surface area contributed by atoms with Crippen molar-refractivity contribution in [1.82, 2.24) is 10.5 Å². The van der Waals surface area contributed by atoms with Gasteiger partial charge in [0.1, 0.15) is 11.5 Å². The molecule has 1 aromatic heterocycles. The summed E-state index contributed by atoms with van der Waals surface area (Å²) in [7, 11) is 0. The van der Waals surface area contributed by atoms with Crippen molar-refractivity contribution >= 4 is 23.6 Å². The van der Waals surface area contributed by atoms with Crippen LogP contribution >= 0.6 is 11.8 Å². The average molecular weight is 378 g/mol. The maximum absolute atomic E-state index is 12.1. The van der Waals surface area contributed by atoms with Crippen LogP contribution in [0.2, 0.25) is 0 Å². The van der Waals surface area contributed by atoms with Crippen LogP contribution in [0.3, 0.4) is 0 Å². The minimum atomic E-state index is -1.02. The van der Waals surface area contributed by atoms with Gasteiger partial charge in [-0.05, 0) is 38.5 Å². The summed E-state index contributed by atoms with van der Waals surface area (Å²) in [5.74, 6) is 1.20. The van der Waals surface area contributed by atoms with E-state index in [0.717, 1.165) is 22.6 Å². The van der Waals surface area contributed by atoms with Crippen LogP contribution in [-0.2, 0) is 15.3 Å². The number of nitrogens with zero attached hydrogens (tertiary/aromatic N) is 1. The first kappa shape index (κ1) is 19.8. The zero-order valence-electron chi connectivity index (χ0n) is 14.9. The number of carbonyl (C=O) groups excluding carboxylic acids is 1. The van der Waals surface area contributed by atoms with Crippen LogP contribution in [0.1, 0.15) is 35.5 Å². The second-order valence-corrected chi connectivity index (χ2v) is 6.82. The lowest BCUT2D eigenvalue weighted by atomic mass is 10.1. The fourth-order valence-electron chi connectivity index (χ4n) is 2.32. The molecule has 0 saturated heterocycles. The van der Waals surface area contributed by atoms with Crippen molar-refractivity contribution in [1.29, 1.82) is 0 Å². The monoisotopic (exact) mass is 378 g/mol. The van der Waals surface area contributed by atoms with Crippen molar-refractivity contribution in [2.24, 2.45) is 0 Å². The van der Waals surface area contributed by atoms with Gasteiger partial charge >= 0.3 is 5.97 Å². The van der Waals surface area contributed by atoms with Gasteiger partial charge in [-0.15, -0.1) is 11.8 Å². The van der Waals surface area contributed by atoms with E-state index in [-0.39, 0.29) is 18.6 Å². The van der Waals surface area contributed by atoms with Gasteiger partial charge in [0.15, 0.2) is 6.61 Å². The molecule has 0 bridgehead atoms. The number of carbonyl (C=O) groups is 2. The lowest BCUT2D eigenvalue weighted by Crippen LogP contribution is -2.28. The van der Waals surface area contributed by atoms with E-state index in [2.05, 4.69) is 10.5 Å². The summed E-state index contributed by atoms with van der Waals surface area (Å²) in [6.07, 6.45) is 0. The van der Waals surface area contributed by atoms with E-state index in [0.29, 0.717) is 17.3 Å². The number of hydrogen-bond donors (Lipinski definition) is 2. The molecule has 0 aliphatic rings. The molecule has 2 rings (SSSR count). The molecule has 8 heteroatoms. The van der Waals surface area contributed by atoms with Gasteiger partial charge in [0, 0.05) is 11.3 Å². The number of rotatable bonds is 9. The van der Waals surface area contributed by atoms with Gasteiger partial charge in [-0.3, -0.25) is 4.79 Å². The third-order valence-corrected chi connectivity index (χ3v) is 4.74. The molecule has 1 unspecified atom stereocenters. The van der Waals surface area contributed by atoms with Crippen LogP contribution in [0, 0.1) is 13.8 Å². The molecular weight excluding hydrogens is 356 g/mol. The van der Waals surface area contributed by atoms with Gasteiger partial charge in [-0.2, -0.15) is 0 Å². The number of amides is 1. The first-order valence-corrected chi connectivity index (χ1v) is 9.25. The van der Waals surface area contributed by atoms with Crippen LogP contribution < -0.4 is 10.1 Å². The third-order valence-electron chi connectivity index (χ3n) is 3.78. The molecule has 0 aliphatic carbocycles. The zero-order valence-corrected chi connectivity index (χ0v) is 15.8. The smallest absolute Gasteiger partial charge is 0.341 e. The van der Waals surface area contributed by atoms with Crippen LogP contribution in [0.5, 0.6) is 5.75 Å². The second-order valence-electron chi connectivity index (χ2n) is 5.84. The van der Waals surface area contributed by atoms with Gasteiger partial charge in [0.25, 0.3) is 0 Å². The normalized spacial score (nSPS) is 11.8. The highest BCUT2D eigenvalue weighted by molar-refractivity contribution is 7.99. The second kappa shape index (κ2) is 9.28. The summed E-state index contributed by atoms with van der Waals surface area (Å²) < 4.78 is 10.2. The standard InChI is InChI=1S/C18H22N2O5S/c1-11(14-4-6-15(7-5-14)24-8-18(22)23)19-17(21)10-26-9-16-12(2)20-25-13(16)3/h4-7,11H,8-10H2,1-3H3,(H,19,21)(H,22,23). The predicted molar refractivity (Wildman–Crippen MR) is 98.3 cm³/mol. The van der Waals surface area contributed by atoms with Crippen molar-refractivity contribution in [2.45, 2.75) is 32.6 Å². The highest BCUT2D eigenvalue weighted by Gasteiger charge is 2.12. The fourth-order valence-corrected chi connectivity index (χ4v) is 3.31. The molecule has 2 N–H and O–H groups in total. The Balaban J connectivity index is 1.78. The van der Waals surface area contributed by atoms with Gasteiger partial charge in [0.05, 0.1) is 17.5 Å². The number of aromatic nitrogens is 1. The van der Waals surface area contributed by atoms with Crippen molar-refractivity contribution in [3.63, 3.8) is 0 Å². The zero-order chi connectivity index (χ0) is 19.1. The van der Waals surface area contributed by atoms with E-state index in [4.69, 9.17) is 14.4 Å². The molecule has 0 fully saturated rings. The van der Waals surface area contributed by atoms with Crippen LogP contribution in [0.4, 0.5) is 0 Å². The molecule has 1 heterocycles. The van der Waals surface area contributed by atoms with Crippen LogP contribution in [0.25, 0.3) is 0 Å². The lowest BCUT2D eigenvalue weighted by Gasteiger charge is -2.15. The molecule has 140 valence electrons. The maximum Gasteiger partial charge on any atom is 0.341 e. The number of ether oxygens (including phenoxy) is 1. The Hall–Kier alpha value is -2.48. The summed E-state index contributed by atoms with van der Waals surface area (Å²) in [5.41, 5.74) is 2.80. The first-order chi connectivity index (χ1) is 12.4. The molecule has 7 nitrogen and oxygen atoms in total. The van der Waals surface area contributed by atoms with Crippen molar-refractivity contribution in [3.8, 4) is 5.75 Å². The van der Waals surface area contributed by atoms with Gasteiger partial charge in [-0.1, -0.05) is 17.3 Å². The van der Waals surface area contributed by atoms with Gasteiger partial charge in [-0.25, -0.2) is 4.79 Å². The highest BCUT2D eigenvalue weighted by Crippen LogP contribution is 2.20. The quantitative estimate of drug-likeness (QED) is 0.692. The topological polar surface area (TPSA) is 102 Å². The Labute approximate surface area is 156 Å². The lowest BCUT2D eigenvalue weighted by molar-refractivity contribution is -0.139. The largest absolute Gasteiger partial charge is 0.482 e. The molecule has 0 radical (unpaired) electrons. The maximum atomic E-state index is 12.1. The van der Waals surface area contributed by atoms with Crippen molar-refractivity contribution < 1.29 is 24.0 Å². The fraction of sp³-hybridized carbons (Fsp3) is 0.389. The van der Waals surface area contributed by atoms with E-state index in [1.807, 2.05) is 20.8 Å². The Morgan fingerprint density at radius 3 is 2.58 bits per heavy atom. The number of aliphatic carboxylic acids is 1. The van der Waals surface area contributed by atoms with E-state index >= 15 is 0 Å². The van der Waals surface area contributed by atoms with Crippen molar-refractivity contribution in [3.05, 3.63) is 46.8 Å². The summed E-state index contributed by atoms with van der Waals surface area (Å²) in [6, 6.07) is 6.83. The number of carboxylic acid groups (broad SMARTS) is 1. The average Bonchev–Trinajstić information content (AvgIpc) is 2.92. The summed E-state index contributed by atoms with van der Waals surface area (Å²) in [5, 5.41) is 15.4. The molecule has 0 saturated carbocycles. The summed E-state index contributed by atoms with van der Waals surface area (Å²) in [6.45, 7) is 5.26. The van der Waals surface area contributed by atoms with Crippen molar-refractivity contribution in [2.75, 3.05) is 12.4 Å². The van der Waals surface area contributed by atoms with Gasteiger partial charge < -0.3 is 19.7 Å². The Bertz CT molecular complexity index is 738. The molecule has 1 atom stereocenters. The number of benzene rings is 1. The minimum Gasteiger partial charge on any atom is -0.482 e. The molecule has 0 spiro atoms. The summed E-state index contributed by atoms with van der Waals surface area (Å²) in [4.78, 5) is 22.6. The number of nitrogens with one attached hydrogen (secondary N) is 1. The number of aryl methyl sites for hydroxylation is 2. The number of carboxylic acids is 1. The molecule has 2 aromatic rings. The van der Waals surface area contributed by atoms with E-state index in [1.54, 1.807) is 24.3 Å². The molecule has 26 heavy (non-hydrogen) atoms. The molecule has 1 amide bonds. The molecule has 1 aromatic carbocycles. The van der Waals surface area contributed by atoms with Crippen LogP contribution in [-0.4, -0.2) is 34.5 Å². The predicted octanol–water partition coefficient (Wildman–Crippen LogP) is 2.87. The Morgan fingerprint density at radius 1 is 1.31 bits per heavy atom. The highest BCUT2D eigenvalue weighted by atomic mass is 32.2. The molecule has 0 aliphatic heterocycles. The minimum absolute atomic E-state index is 0.0551. The van der Waals surface area contributed by atoms with Gasteiger partial charge in [0.2, 0.25) is 5.91 Å². The molecular formula is C18H22N2O5S. The number of hydrogen-bond acceptors (Lipinski definition) is 6. The van der Waals surface area contributed by atoms with Crippen LogP contribution in [0.15, 0.2) is 28.8 Å². The van der Waals surface area contributed by atoms with E-state index in [1.165, 1.54) is 11.8 Å². The van der Waals surface area contributed by atoms with E-state index < -0.39 is 5.97 Å². The number of thioether (sulfide) groups is 1. The Morgan fingerprint density at radius 2 is 2.00 bits per heavy atom.